The Hall–Kier alpha value is -4.31. The minimum atomic E-state index is -0.520. The minimum Gasteiger partial charge on any atom is -0.487 e. The van der Waals surface area contributed by atoms with Crippen LogP contribution >= 0.6 is 0 Å². The topological polar surface area (TPSA) is 86.2 Å². The standard InChI is InChI=1S/C29H27N3O4/c1-31-22-10-12-25(13-11-22)35-26-14-9-19(16-27(26)36-24-7-2-3-8-24)21-17-28(33)32(18-21)23-6-4-5-20(15-23)29(30)34/h4-6,9-16,21,24H,2-3,7-8,17-18H2,(H2,30,34)/t21-/m1/s1. The van der Waals surface area contributed by atoms with Crippen molar-refractivity contribution < 1.29 is 19.1 Å². The molecule has 2 fully saturated rings. The van der Waals surface area contributed by atoms with Crippen molar-refractivity contribution in [3.05, 3.63) is 89.3 Å². The fourth-order valence-corrected chi connectivity index (χ4v) is 4.86. The molecular weight excluding hydrogens is 454 g/mol. The first-order valence-corrected chi connectivity index (χ1v) is 12.2. The summed E-state index contributed by atoms with van der Waals surface area (Å²) in [7, 11) is 0. The first-order valence-electron chi connectivity index (χ1n) is 12.2. The average molecular weight is 482 g/mol. The molecule has 1 atom stereocenters. The molecule has 2 N–H and O–H groups in total. The van der Waals surface area contributed by atoms with E-state index >= 15 is 0 Å². The molecule has 0 bridgehead atoms. The van der Waals surface area contributed by atoms with E-state index in [1.807, 2.05) is 24.3 Å². The maximum Gasteiger partial charge on any atom is 0.248 e. The van der Waals surface area contributed by atoms with Crippen LogP contribution in [0.1, 0.15) is 53.9 Å². The summed E-state index contributed by atoms with van der Waals surface area (Å²) >= 11 is 0. The highest BCUT2D eigenvalue weighted by atomic mass is 16.5. The highest BCUT2D eigenvalue weighted by Crippen LogP contribution is 2.40. The smallest absolute Gasteiger partial charge is 0.248 e. The Morgan fingerprint density at radius 2 is 1.78 bits per heavy atom. The third-order valence-electron chi connectivity index (χ3n) is 6.80. The number of carbonyl (C=O) groups is 2. The van der Waals surface area contributed by atoms with E-state index in [9.17, 15) is 9.59 Å². The molecule has 2 aliphatic rings. The number of nitrogens with zero attached hydrogens (tertiary/aromatic N) is 2. The summed E-state index contributed by atoms with van der Waals surface area (Å²) in [6, 6.07) is 19.7. The summed E-state index contributed by atoms with van der Waals surface area (Å²) in [6.45, 7) is 7.63. The van der Waals surface area contributed by atoms with Gasteiger partial charge in [-0.1, -0.05) is 24.3 Å². The third kappa shape index (κ3) is 5.03. The van der Waals surface area contributed by atoms with Gasteiger partial charge in [0.05, 0.1) is 12.7 Å². The van der Waals surface area contributed by atoms with Crippen molar-refractivity contribution >= 4 is 23.2 Å². The van der Waals surface area contributed by atoms with Gasteiger partial charge in [0.15, 0.2) is 17.2 Å². The van der Waals surface area contributed by atoms with Gasteiger partial charge in [-0.3, -0.25) is 9.59 Å². The number of ether oxygens (including phenoxy) is 2. The Bertz CT molecular complexity index is 1320. The normalized spacial score (nSPS) is 17.7. The van der Waals surface area contributed by atoms with E-state index < -0.39 is 5.91 Å². The monoisotopic (exact) mass is 481 g/mol. The maximum absolute atomic E-state index is 12.9. The number of nitrogens with two attached hydrogens (primary N) is 1. The molecule has 7 nitrogen and oxygen atoms in total. The zero-order valence-corrected chi connectivity index (χ0v) is 19.9. The molecule has 1 aliphatic heterocycles. The molecule has 5 rings (SSSR count). The molecule has 0 unspecified atom stereocenters. The molecule has 3 aromatic rings. The summed E-state index contributed by atoms with van der Waals surface area (Å²) in [5.74, 6) is 1.36. The Labute approximate surface area is 210 Å². The molecule has 0 spiro atoms. The average Bonchev–Trinajstić information content (AvgIpc) is 3.55. The minimum absolute atomic E-state index is 0.0000979. The van der Waals surface area contributed by atoms with Gasteiger partial charge in [-0.25, -0.2) is 4.85 Å². The van der Waals surface area contributed by atoms with Gasteiger partial charge in [-0.15, -0.1) is 0 Å². The van der Waals surface area contributed by atoms with E-state index in [1.165, 1.54) is 0 Å². The summed E-state index contributed by atoms with van der Waals surface area (Å²) in [5, 5.41) is 0. The van der Waals surface area contributed by atoms with Crippen molar-refractivity contribution in [1.29, 1.82) is 0 Å². The number of rotatable bonds is 7. The molecule has 1 heterocycles. The predicted molar refractivity (Wildman–Crippen MR) is 137 cm³/mol. The molecule has 1 aliphatic carbocycles. The summed E-state index contributed by atoms with van der Waals surface area (Å²) in [6.07, 6.45) is 4.82. The highest BCUT2D eigenvalue weighted by Gasteiger charge is 2.32. The van der Waals surface area contributed by atoms with Gasteiger partial charge in [0, 0.05) is 30.1 Å². The molecule has 7 heteroatoms. The maximum atomic E-state index is 12.9. The highest BCUT2D eigenvalue weighted by molar-refractivity contribution is 5.99. The number of hydrogen-bond acceptors (Lipinski definition) is 4. The Balaban J connectivity index is 1.40. The molecule has 3 aromatic carbocycles. The van der Waals surface area contributed by atoms with Crippen molar-refractivity contribution in [2.24, 2.45) is 5.73 Å². The first-order chi connectivity index (χ1) is 17.5. The van der Waals surface area contributed by atoms with Gasteiger partial charge in [-0.2, -0.15) is 0 Å². The molecule has 1 saturated heterocycles. The molecule has 0 aromatic heterocycles. The number of primary amides is 1. The van der Waals surface area contributed by atoms with Gasteiger partial charge in [-0.05, 0) is 73.7 Å². The second kappa shape index (κ2) is 10.1. The van der Waals surface area contributed by atoms with Crippen LogP contribution in [0.15, 0.2) is 66.7 Å². The number of benzene rings is 3. The Morgan fingerprint density at radius 1 is 1.00 bits per heavy atom. The number of anilines is 1. The fourth-order valence-electron chi connectivity index (χ4n) is 4.86. The number of hydrogen-bond donors (Lipinski definition) is 1. The van der Waals surface area contributed by atoms with Crippen molar-refractivity contribution in [3.8, 4) is 17.2 Å². The lowest BCUT2D eigenvalue weighted by Crippen LogP contribution is -2.24. The molecule has 0 radical (unpaired) electrons. The van der Waals surface area contributed by atoms with Crippen LogP contribution in [0.4, 0.5) is 11.4 Å². The number of amides is 2. The van der Waals surface area contributed by atoms with E-state index in [-0.39, 0.29) is 17.9 Å². The summed E-state index contributed by atoms with van der Waals surface area (Å²) in [4.78, 5) is 29.6. The van der Waals surface area contributed by atoms with E-state index in [0.29, 0.717) is 47.2 Å². The Morgan fingerprint density at radius 3 is 2.50 bits per heavy atom. The summed E-state index contributed by atoms with van der Waals surface area (Å²) in [5.41, 5.74) is 8.02. The molecule has 2 amide bonds. The van der Waals surface area contributed by atoms with E-state index in [1.54, 1.807) is 47.4 Å². The molecule has 182 valence electrons. The van der Waals surface area contributed by atoms with E-state index in [2.05, 4.69) is 4.85 Å². The van der Waals surface area contributed by atoms with Crippen LogP contribution in [0.25, 0.3) is 4.85 Å². The van der Waals surface area contributed by atoms with Crippen LogP contribution in [0.3, 0.4) is 0 Å². The van der Waals surface area contributed by atoms with Crippen LogP contribution in [0, 0.1) is 6.57 Å². The quantitative estimate of drug-likeness (QED) is 0.421. The second-order valence-electron chi connectivity index (χ2n) is 9.26. The third-order valence-corrected chi connectivity index (χ3v) is 6.80. The van der Waals surface area contributed by atoms with Gasteiger partial charge in [0.1, 0.15) is 5.75 Å². The lowest BCUT2D eigenvalue weighted by atomic mass is 9.98. The molecular formula is C29H27N3O4. The van der Waals surface area contributed by atoms with Crippen molar-refractivity contribution in [3.63, 3.8) is 0 Å². The zero-order valence-electron chi connectivity index (χ0n) is 19.9. The fraction of sp³-hybridized carbons (Fsp3) is 0.276. The number of carbonyl (C=O) groups excluding carboxylic acids is 2. The SMILES string of the molecule is [C-]#[N+]c1ccc(Oc2ccc([C@@H]3CC(=O)N(c4cccc(C(N)=O)c4)C3)cc2OC2CCCC2)cc1. The summed E-state index contributed by atoms with van der Waals surface area (Å²) < 4.78 is 12.5. The molecule has 1 saturated carbocycles. The van der Waals surface area contributed by atoms with Crippen molar-refractivity contribution in [1.82, 2.24) is 0 Å². The van der Waals surface area contributed by atoms with E-state index in [4.69, 9.17) is 21.8 Å². The van der Waals surface area contributed by atoms with Gasteiger partial charge < -0.3 is 20.1 Å². The van der Waals surface area contributed by atoms with E-state index in [0.717, 1.165) is 31.2 Å². The second-order valence-corrected chi connectivity index (χ2v) is 9.26. The lowest BCUT2D eigenvalue weighted by Gasteiger charge is -2.20. The predicted octanol–water partition coefficient (Wildman–Crippen LogP) is 5.97. The van der Waals surface area contributed by atoms with Crippen LogP contribution in [0.2, 0.25) is 0 Å². The van der Waals surface area contributed by atoms with Crippen LogP contribution in [-0.2, 0) is 4.79 Å². The van der Waals surface area contributed by atoms with Crippen molar-refractivity contribution in [2.45, 2.75) is 44.1 Å². The Kier molecular flexibility index (Phi) is 6.59. The lowest BCUT2D eigenvalue weighted by molar-refractivity contribution is -0.117. The zero-order chi connectivity index (χ0) is 25.1. The molecule has 36 heavy (non-hydrogen) atoms. The van der Waals surface area contributed by atoms with Crippen molar-refractivity contribution in [2.75, 3.05) is 11.4 Å². The van der Waals surface area contributed by atoms with Gasteiger partial charge in [0.2, 0.25) is 11.8 Å². The van der Waals surface area contributed by atoms with Crippen LogP contribution in [-0.4, -0.2) is 24.5 Å². The van der Waals surface area contributed by atoms with Gasteiger partial charge in [0.25, 0.3) is 0 Å². The van der Waals surface area contributed by atoms with Gasteiger partial charge >= 0.3 is 0 Å². The first kappa shape index (κ1) is 23.4. The largest absolute Gasteiger partial charge is 0.487 e. The van der Waals surface area contributed by atoms with Crippen LogP contribution < -0.4 is 20.1 Å². The van der Waals surface area contributed by atoms with Crippen LogP contribution in [0.5, 0.6) is 17.2 Å².